The molecule has 4 nitrogen and oxygen atoms in total. The van der Waals surface area contributed by atoms with Crippen molar-refractivity contribution in [3.8, 4) is 11.5 Å². The van der Waals surface area contributed by atoms with Gasteiger partial charge in [0.1, 0.15) is 0 Å². The molecule has 106 valence electrons. The summed E-state index contributed by atoms with van der Waals surface area (Å²) in [6.07, 6.45) is 0. The molecule has 2 aromatic rings. The maximum absolute atomic E-state index is 12.1. The molecule has 0 aliphatic carbocycles. The molecule has 0 atom stereocenters. The number of anilines is 1. The highest BCUT2D eigenvalue weighted by Gasteiger charge is 2.10. The maximum atomic E-state index is 12.1. The third-order valence-electron chi connectivity index (χ3n) is 2.55. The Balaban J connectivity index is 2.17. The molecule has 1 N–H and O–H groups in total. The number of methoxy groups -OCH3 is 1. The molecule has 0 saturated heterocycles. The van der Waals surface area contributed by atoms with E-state index in [4.69, 9.17) is 9.47 Å². The number of ether oxygens (including phenoxy) is 2. The minimum Gasteiger partial charge on any atom is -0.493 e. The van der Waals surface area contributed by atoms with Gasteiger partial charge < -0.3 is 14.8 Å². The fourth-order valence-electron chi connectivity index (χ4n) is 1.66. The average Bonchev–Trinajstić information content (AvgIpc) is 2.86. The van der Waals surface area contributed by atoms with E-state index in [9.17, 15) is 4.79 Å². The summed E-state index contributed by atoms with van der Waals surface area (Å²) in [5.74, 6) is 1.10. The van der Waals surface area contributed by atoms with Crippen LogP contribution in [0.2, 0.25) is 0 Å². The van der Waals surface area contributed by atoms with Crippen LogP contribution in [0.25, 0.3) is 0 Å². The van der Waals surface area contributed by atoms with Crippen LogP contribution in [0.4, 0.5) is 5.69 Å². The summed E-state index contributed by atoms with van der Waals surface area (Å²) in [6, 6.07) is 7.08. The van der Waals surface area contributed by atoms with Crippen molar-refractivity contribution < 1.29 is 14.3 Å². The standard InChI is InChI=1S/C14H14BrNO3S/c1-3-19-12-7-10(4-5-11(12)18-2)16-14(17)9-6-13(15)20-8-9/h4-8H,3H2,1-2H3,(H,16,17). The minimum atomic E-state index is -0.153. The van der Waals surface area contributed by atoms with Crippen molar-refractivity contribution >= 4 is 38.9 Å². The van der Waals surface area contributed by atoms with Crippen molar-refractivity contribution in [3.05, 3.63) is 39.0 Å². The Morgan fingerprint density at radius 2 is 2.15 bits per heavy atom. The van der Waals surface area contributed by atoms with Gasteiger partial charge in [0.05, 0.1) is 23.1 Å². The van der Waals surface area contributed by atoms with Crippen LogP contribution in [0.5, 0.6) is 11.5 Å². The third kappa shape index (κ3) is 3.52. The van der Waals surface area contributed by atoms with Gasteiger partial charge in [-0.15, -0.1) is 11.3 Å². The van der Waals surface area contributed by atoms with E-state index in [-0.39, 0.29) is 5.91 Å². The van der Waals surface area contributed by atoms with E-state index >= 15 is 0 Å². The van der Waals surface area contributed by atoms with Crippen LogP contribution in [-0.4, -0.2) is 19.6 Å². The lowest BCUT2D eigenvalue weighted by Crippen LogP contribution is -2.11. The molecule has 0 bridgehead atoms. The van der Waals surface area contributed by atoms with E-state index < -0.39 is 0 Å². The molecule has 0 spiro atoms. The van der Waals surface area contributed by atoms with Gasteiger partial charge in [0, 0.05) is 17.1 Å². The second kappa shape index (κ2) is 6.76. The van der Waals surface area contributed by atoms with E-state index in [2.05, 4.69) is 21.2 Å². The molecular formula is C14H14BrNO3S. The lowest BCUT2D eigenvalue weighted by Gasteiger charge is -2.11. The number of thiophene rings is 1. The summed E-state index contributed by atoms with van der Waals surface area (Å²) in [7, 11) is 1.58. The molecule has 0 aliphatic rings. The van der Waals surface area contributed by atoms with E-state index in [1.54, 1.807) is 36.8 Å². The first-order chi connectivity index (χ1) is 9.63. The van der Waals surface area contributed by atoms with E-state index in [0.29, 0.717) is 29.4 Å². The molecule has 6 heteroatoms. The van der Waals surface area contributed by atoms with Gasteiger partial charge in [0.15, 0.2) is 11.5 Å². The summed E-state index contributed by atoms with van der Waals surface area (Å²) in [6.45, 7) is 2.43. The van der Waals surface area contributed by atoms with Crippen molar-refractivity contribution in [2.75, 3.05) is 19.0 Å². The molecule has 2 rings (SSSR count). The molecule has 0 fully saturated rings. The fraction of sp³-hybridized carbons (Fsp3) is 0.214. The zero-order chi connectivity index (χ0) is 14.5. The monoisotopic (exact) mass is 355 g/mol. The van der Waals surface area contributed by atoms with Crippen LogP contribution in [0.3, 0.4) is 0 Å². The van der Waals surface area contributed by atoms with Gasteiger partial charge in [0.25, 0.3) is 5.91 Å². The van der Waals surface area contributed by atoms with Gasteiger partial charge in [0.2, 0.25) is 0 Å². The molecule has 0 unspecified atom stereocenters. The highest BCUT2D eigenvalue weighted by Crippen LogP contribution is 2.30. The van der Waals surface area contributed by atoms with Gasteiger partial charge in [-0.2, -0.15) is 0 Å². The Morgan fingerprint density at radius 1 is 1.35 bits per heavy atom. The van der Waals surface area contributed by atoms with Gasteiger partial charge in [-0.1, -0.05) is 0 Å². The van der Waals surface area contributed by atoms with E-state index in [0.717, 1.165) is 3.79 Å². The molecule has 20 heavy (non-hydrogen) atoms. The van der Waals surface area contributed by atoms with Crippen molar-refractivity contribution in [3.63, 3.8) is 0 Å². The molecule has 1 aromatic heterocycles. The largest absolute Gasteiger partial charge is 0.493 e. The zero-order valence-electron chi connectivity index (χ0n) is 11.1. The van der Waals surface area contributed by atoms with Crippen LogP contribution >= 0.6 is 27.3 Å². The van der Waals surface area contributed by atoms with E-state index in [1.807, 2.05) is 6.92 Å². The highest BCUT2D eigenvalue weighted by atomic mass is 79.9. The molecule has 1 heterocycles. The van der Waals surface area contributed by atoms with Gasteiger partial charge >= 0.3 is 0 Å². The summed E-state index contributed by atoms with van der Waals surface area (Å²) >= 11 is 4.81. The number of carbonyl (C=O) groups is 1. The molecule has 1 amide bonds. The number of nitrogens with one attached hydrogen (secondary N) is 1. The summed E-state index contributed by atoms with van der Waals surface area (Å²) in [4.78, 5) is 12.1. The van der Waals surface area contributed by atoms with Crippen LogP contribution in [0.1, 0.15) is 17.3 Å². The molecule has 0 saturated carbocycles. The lowest BCUT2D eigenvalue weighted by molar-refractivity contribution is 0.102. The van der Waals surface area contributed by atoms with Crippen LogP contribution in [-0.2, 0) is 0 Å². The summed E-state index contributed by atoms with van der Waals surface area (Å²) in [5.41, 5.74) is 1.29. The molecule has 1 aromatic carbocycles. The highest BCUT2D eigenvalue weighted by molar-refractivity contribution is 9.11. The van der Waals surface area contributed by atoms with Crippen LogP contribution < -0.4 is 14.8 Å². The Kier molecular flexibility index (Phi) is 5.03. The van der Waals surface area contributed by atoms with Crippen LogP contribution in [0.15, 0.2) is 33.4 Å². The number of benzene rings is 1. The summed E-state index contributed by atoms with van der Waals surface area (Å²) < 4.78 is 11.6. The fourth-order valence-corrected chi connectivity index (χ4v) is 2.79. The SMILES string of the molecule is CCOc1cc(NC(=O)c2csc(Br)c2)ccc1OC. The Hall–Kier alpha value is -1.53. The zero-order valence-corrected chi connectivity index (χ0v) is 13.5. The minimum absolute atomic E-state index is 0.153. The molecule has 0 radical (unpaired) electrons. The van der Waals surface area contributed by atoms with E-state index in [1.165, 1.54) is 11.3 Å². The Morgan fingerprint density at radius 3 is 2.75 bits per heavy atom. The second-order valence-electron chi connectivity index (χ2n) is 3.89. The van der Waals surface area contributed by atoms with Crippen molar-refractivity contribution in [1.82, 2.24) is 0 Å². The first-order valence-electron chi connectivity index (χ1n) is 6.00. The number of hydrogen-bond acceptors (Lipinski definition) is 4. The van der Waals surface area contributed by atoms with Gasteiger partial charge in [-0.05, 0) is 41.1 Å². The predicted octanol–water partition coefficient (Wildman–Crippen LogP) is 4.17. The normalized spacial score (nSPS) is 10.2. The average molecular weight is 356 g/mol. The lowest BCUT2D eigenvalue weighted by atomic mass is 10.2. The molecule has 0 aliphatic heterocycles. The van der Waals surface area contributed by atoms with Crippen LogP contribution in [0, 0.1) is 0 Å². The first-order valence-corrected chi connectivity index (χ1v) is 7.67. The second-order valence-corrected chi connectivity index (χ2v) is 6.18. The smallest absolute Gasteiger partial charge is 0.256 e. The number of carbonyl (C=O) groups excluding carboxylic acids is 1. The van der Waals surface area contributed by atoms with Crippen molar-refractivity contribution in [2.45, 2.75) is 6.92 Å². The third-order valence-corrected chi connectivity index (χ3v) is 4.06. The molecular weight excluding hydrogens is 342 g/mol. The number of amides is 1. The number of hydrogen-bond donors (Lipinski definition) is 1. The Labute approximate surface area is 129 Å². The van der Waals surface area contributed by atoms with Crippen molar-refractivity contribution in [2.24, 2.45) is 0 Å². The summed E-state index contributed by atoms with van der Waals surface area (Å²) in [5, 5.41) is 4.63. The quantitative estimate of drug-likeness (QED) is 0.875. The predicted molar refractivity (Wildman–Crippen MR) is 84.1 cm³/mol. The number of rotatable bonds is 5. The van der Waals surface area contributed by atoms with Gasteiger partial charge in [-0.3, -0.25) is 4.79 Å². The maximum Gasteiger partial charge on any atom is 0.256 e. The van der Waals surface area contributed by atoms with Gasteiger partial charge in [-0.25, -0.2) is 0 Å². The first kappa shape index (κ1) is 14.9. The Bertz CT molecular complexity index is 612. The number of halogens is 1. The topological polar surface area (TPSA) is 47.6 Å². The van der Waals surface area contributed by atoms with Crippen molar-refractivity contribution in [1.29, 1.82) is 0 Å².